The minimum atomic E-state index is -0.514. The number of hydrogen-bond donors (Lipinski definition) is 1. The number of benzene rings is 2. The van der Waals surface area contributed by atoms with Crippen molar-refractivity contribution in [3.05, 3.63) is 71.3 Å². The summed E-state index contributed by atoms with van der Waals surface area (Å²) in [6, 6.07) is 14.2. The van der Waals surface area contributed by atoms with Crippen molar-refractivity contribution >= 4 is 0 Å². The SMILES string of the molecule is Fc1cc(F)cc(CN2CCNC(c3ccccc3)C2)c1. The van der Waals surface area contributed by atoms with Crippen LogP contribution in [0.4, 0.5) is 8.78 Å². The van der Waals surface area contributed by atoms with E-state index in [9.17, 15) is 8.78 Å². The molecule has 0 aliphatic carbocycles. The van der Waals surface area contributed by atoms with Crippen LogP contribution in [0.25, 0.3) is 0 Å². The molecular formula is C17H18F2N2. The Kier molecular flexibility index (Phi) is 4.27. The maximum Gasteiger partial charge on any atom is 0.126 e. The number of hydrogen-bond acceptors (Lipinski definition) is 2. The van der Waals surface area contributed by atoms with Gasteiger partial charge in [-0.05, 0) is 23.3 Å². The van der Waals surface area contributed by atoms with Crippen LogP contribution in [0.1, 0.15) is 17.2 Å². The summed E-state index contributed by atoms with van der Waals surface area (Å²) >= 11 is 0. The molecule has 1 N–H and O–H groups in total. The third-order valence-corrected chi connectivity index (χ3v) is 3.79. The van der Waals surface area contributed by atoms with Crippen molar-refractivity contribution in [3.63, 3.8) is 0 Å². The average Bonchev–Trinajstić information content (AvgIpc) is 2.47. The van der Waals surface area contributed by atoms with E-state index in [2.05, 4.69) is 22.3 Å². The van der Waals surface area contributed by atoms with Gasteiger partial charge in [0.15, 0.2) is 0 Å². The van der Waals surface area contributed by atoms with Crippen LogP contribution < -0.4 is 5.32 Å². The van der Waals surface area contributed by atoms with Gasteiger partial charge < -0.3 is 5.32 Å². The normalized spacial score (nSPS) is 19.6. The average molecular weight is 288 g/mol. The zero-order chi connectivity index (χ0) is 14.7. The van der Waals surface area contributed by atoms with Gasteiger partial charge >= 0.3 is 0 Å². The number of rotatable bonds is 3. The molecule has 0 spiro atoms. The lowest BCUT2D eigenvalue weighted by atomic mass is 10.0. The minimum absolute atomic E-state index is 0.262. The largest absolute Gasteiger partial charge is 0.308 e. The van der Waals surface area contributed by atoms with E-state index < -0.39 is 11.6 Å². The summed E-state index contributed by atoms with van der Waals surface area (Å²) in [6.45, 7) is 3.15. The van der Waals surface area contributed by atoms with E-state index in [1.54, 1.807) is 0 Å². The zero-order valence-electron chi connectivity index (χ0n) is 11.7. The van der Waals surface area contributed by atoms with Gasteiger partial charge in [-0.25, -0.2) is 8.78 Å². The molecule has 21 heavy (non-hydrogen) atoms. The molecular weight excluding hydrogens is 270 g/mol. The van der Waals surface area contributed by atoms with Crippen molar-refractivity contribution in [2.75, 3.05) is 19.6 Å². The predicted molar refractivity (Wildman–Crippen MR) is 78.8 cm³/mol. The fraction of sp³-hybridized carbons (Fsp3) is 0.294. The molecule has 3 rings (SSSR count). The van der Waals surface area contributed by atoms with E-state index in [1.165, 1.54) is 17.7 Å². The zero-order valence-corrected chi connectivity index (χ0v) is 11.7. The Bertz CT molecular complexity index is 581. The molecule has 1 heterocycles. The molecule has 0 radical (unpaired) electrons. The summed E-state index contributed by atoms with van der Waals surface area (Å²) in [6.07, 6.45) is 0. The summed E-state index contributed by atoms with van der Waals surface area (Å²) < 4.78 is 26.5. The molecule has 1 aliphatic heterocycles. The number of piperazine rings is 1. The first-order valence-corrected chi connectivity index (χ1v) is 7.16. The lowest BCUT2D eigenvalue weighted by Crippen LogP contribution is -2.45. The Balaban J connectivity index is 1.69. The van der Waals surface area contributed by atoms with E-state index >= 15 is 0 Å². The van der Waals surface area contributed by atoms with Crippen molar-refractivity contribution in [3.8, 4) is 0 Å². The van der Waals surface area contributed by atoms with E-state index in [4.69, 9.17) is 0 Å². The van der Waals surface area contributed by atoms with Crippen molar-refractivity contribution in [2.24, 2.45) is 0 Å². The van der Waals surface area contributed by atoms with Crippen molar-refractivity contribution < 1.29 is 8.78 Å². The van der Waals surface area contributed by atoms with E-state index in [0.29, 0.717) is 12.1 Å². The molecule has 1 unspecified atom stereocenters. The maximum atomic E-state index is 13.3. The van der Waals surface area contributed by atoms with E-state index in [1.807, 2.05) is 18.2 Å². The lowest BCUT2D eigenvalue weighted by molar-refractivity contribution is 0.193. The molecule has 0 saturated carbocycles. The molecule has 110 valence electrons. The molecule has 2 aromatic carbocycles. The summed E-state index contributed by atoms with van der Waals surface area (Å²) in [5, 5.41) is 3.48. The van der Waals surface area contributed by atoms with Gasteiger partial charge in [0.1, 0.15) is 11.6 Å². The summed E-state index contributed by atoms with van der Waals surface area (Å²) in [5.41, 5.74) is 1.92. The Hall–Kier alpha value is -1.78. The molecule has 1 fully saturated rings. The van der Waals surface area contributed by atoms with Gasteiger partial charge in [0, 0.05) is 38.3 Å². The Morgan fingerprint density at radius 1 is 1.05 bits per heavy atom. The quantitative estimate of drug-likeness (QED) is 0.933. The second-order valence-corrected chi connectivity index (χ2v) is 5.43. The number of halogens is 2. The first-order chi connectivity index (χ1) is 10.2. The molecule has 0 aromatic heterocycles. The fourth-order valence-electron chi connectivity index (χ4n) is 2.82. The van der Waals surface area contributed by atoms with Crippen LogP contribution in [0.15, 0.2) is 48.5 Å². The first kappa shape index (κ1) is 14.2. The third kappa shape index (κ3) is 3.65. The van der Waals surface area contributed by atoms with Gasteiger partial charge in [-0.3, -0.25) is 4.90 Å². The van der Waals surface area contributed by atoms with Crippen LogP contribution in [-0.4, -0.2) is 24.5 Å². The summed E-state index contributed by atoms with van der Waals surface area (Å²) in [7, 11) is 0. The van der Waals surface area contributed by atoms with E-state index in [-0.39, 0.29) is 6.04 Å². The molecule has 1 aliphatic rings. The van der Waals surface area contributed by atoms with Gasteiger partial charge in [-0.15, -0.1) is 0 Å². The second kappa shape index (κ2) is 6.33. The van der Waals surface area contributed by atoms with Crippen LogP contribution in [-0.2, 0) is 6.54 Å². The maximum absolute atomic E-state index is 13.3. The highest BCUT2D eigenvalue weighted by Gasteiger charge is 2.20. The Labute approximate surface area is 123 Å². The van der Waals surface area contributed by atoms with Gasteiger partial charge in [-0.2, -0.15) is 0 Å². The third-order valence-electron chi connectivity index (χ3n) is 3.79. The number of nitrogens with one attached hydrogen (secondary N) is 1. The highest BCUT2D eigenvalue weighted by atomic mass is 19.1. The molecule has 2 aromatic rings. The molecule has 0 bridgehead atoms. The van der Waals surface area contributed by atoms with Gasteiger partial charge in [0.25, 0.3) is 0 Å². The monoisotopic (exact) mass is 288 g/mol. The van der Waals surface area contributed by atoms with Gasteiger partial charge in [0.05, 0.1) is 0 Å². The summed E-state index contributed by atoms with van der Waals surface area (Å²) in [5.74, 6) is -1.03. The van der Waals surface area contributed by atoms with Crippen molar-refractivity contribution in [1.82, 2.24) is 10.2 Å². The first-order valence-electron chi connectivity index (χ1n) is 7.16. The lowest BCUT2D eigenvalue weighted by Gasteiger charge is -2.34. The van der Waals surface area contributed by atoms with Crippen LogP contribution >= 0.6 is 0 Å². The Morgan fingerprint density at radius 3 is 2.48 bits per heavy atom. The molecule has 0 amide bonds. The number of nitrogens with zero attached hydrogens (tertiary/aromatic N) is 1. The van der Waals surface area contributed by atoms with Crippen LogP contribution in [0.5, 0.6) is 0 Å². The molecule has 1 atom stereocenters. The van der Waals surface area contributed by atoms with E-state index in [0.717, 1.165) is 25.7 Å². The minimum Gasteiger partial charge on any atom is -0.308 e. The van der Waals surface area contributed by atoms with Gasteiger partial charge in [-0.1, -0.05) is 30.3 Å². The van der Waals surface area contributed by atoms with Gasteiger partial charge in [0.2, 0.25) is 0 Å². The summed E-state index contributed by atoms with van der Waals surface area (Å²) in [4.78, 5) is 2.22. The van der Waals surface area contributed by atoms with Crippen molar-refractivity contribution in [2.45, 2.75) is 12.6 Å². The molecule has 2 nitrogen and oxygen atoms in total. The Morgan fingerprint density at radius 2 is 1.76 bits per heavy atom. The highest BCUT2D eigenvalue weighted by Crippen LogP contribution is 2.19. The molecule has 1 saturated heterocycles. The fourth-order valence-corrected chi connectivity index (χ4v) is 2.82. The second-order valence-electron chi connectivity index (χ2n) is 5.43. The van der Waals surface area contributed by atoms with Crippen LogP contribution in [0.3, 0.4) is 0 Å². The predicted octanol–water partition coefficient (Wildman–Crippen LogP) is 3.11. The van der Waals surface area contributed by atoms with Crippen LogP contribution in [0.2, 0.25) is 0 Å². The molecule has 4 heteroatoms. The topological polar surface area (TPSA) is 15.3 Å². The standard InChI is InChI=1S/C17H18F2N2/c18-15-8-13(9-16(19)10-15)11-21-7-6-20-17(12-21)14-4-2-1-3-5-14/h1-5,8-10,17,20H,6-7,11-12H2. The smallest absolute Gasteiger partial charge is 0.126 e. The highest BCUT2D eigenvalue weighted by molar-refractivity contribution is 5.21. The van der Waals surface area contributed by atoms with Crippen molar-refractivity contribution in [1.29, 1.82) is 0 Å². The van der Waals surface area contributed by atoms with Crippen LogP contribution in [0, 0.1) is 11.6 Å².